The zero-order valence-electron chi connectivity index (χ0n) is 6.35. The molecule has 0 aliphatic carbocycles. The van der Waals surface area contributed by atoms with Crippen molar-refractivity contribution in [1.29, 1.82) is 0 Å². The molecule has 0 saturated heterocycles. The number of aliphatic hydroxyl groups excluding tert-OH is 1. The van der Waals surface area contributed by atoms with Crippen molar-refractivity contribution >= 4 is 0 Å². The molecule has 0 spiro atoms. The average molecular weight is 128 g/mol. The SMILES string of the molecule is CCCCCC=C(C)O. The Labute approximate surface area is 57.4 Å². The van der Waals surface area contributed by atoms with Gasteiger partial charge in [-0.15, -0.1) is 0 Å². The molecule has 54 valence electrons. The van der Waals surface area contributed by atoms with Crippen molar-refractivity contribution < 1.29 is 5.11 Å². The minimum absolute atomic E-state index is 0.450. The highest BCUT2D eigenvalue weighted by Gasteiger charge is 1.82. The lowest BCUT2D eigenvalue weighted by Crippen LogP contribution is -1.73. The van der Waals surface area contributed by atoms with Crippen LogP contribution in [0.2, 0.25) is 0 Å². The van der Waals surface area contributed by atoms with Gasteiger partial charge < -0.3 is 5.11 Å². The molecular formula is C8H16O. The van der Waals surface area contributed by atoms with Crippen molar-refractivity contribution in [2.75, 3.05) is 0 Å². The zero-order chi connectivity index (χ0) is 7.11. The fourth-order valence-electron chi connectivity index (χ4n) is 0.705. The first-order valence-corrected chi connectivity index (χ1v) is 3.63. The van der Waals surface area contributed by atoms with E-state index in [9.17, 15) is 0 Å². The Hall–Kier alpha value is -0.460. The van der Waals surface area contributed by atoms with E-state index in [2.05, 4.69) is 6.92 Å². The lowest BCUT2D eigenvalue weighted by atomic mass is 10.2. The highest BCUT2D eigenvalue weighted by Crippen LogP contribution is 2.00. The van der Waals surface area contributed by atoms with Gasteiger partial charge in [-0.3, -0.25) is 0 Å². The maximum atomic E-state index is 8.71. The summed E-state index contributed by atoms with van der Waals surface area (Å²) >= 11 is 0. The molecule has 0 aliphatic rings. The van der Waals surface area contributed by atoms with Gasteiger partial charge in [-0.25, -0.2) is 0 Å². The second kappa shape index (κ2) is 5.67. The van der Waals surface area contributed by atoms with E-state index >= 15 is 0 Å². The van der Waals surface area contributed by atoms with E-state index in [4.69, 9.17) is 5.11 Å². The van der Waals surface area contributed by atoms with Crippen LogP contribution in [-0.4, -0.2) is 5.11 Å². The molecule has 1 heteroatoms. The normalized spacial score (nSPS) is 12.0. The van der Waals surface area contributed by atoms with Crippen LogP contribution in [0.4, 0.5) is 0 Å². The fourth-order valence-corrected chi connectivity index (χ4v) is 0.705. The predicted octanol–water partition coefficient (Wildman–Crippen LogP) is 3.03. The number of rotatable bonds is 4. The number of unbranched alkanes of at least 4 members (excludes halogenated alkanes) is 3. The van der Waals surface area contributed by atoms with E-state index in [1.165, 1.54) is 19.3 Å². The van der Waals surface area contributed by atoms with Crippen molar-refractivity contribution in [3.63, 3.8) is 0 Å². The Morgan fingerprint density at radius 3 is 2.56 bits per heavy atom. The quantitative estimate of drug-likeness (QED) is 0.455. The van der Waals surface area contributed by atoms with Crippen molar-refractivity contribution in [2.45, 2.75) is 39.5 Å². The monoisotopic (exact) mass is 128 g/mol. The Bertz CT molecular complexity index is 80.6. The van der Waals surface area contributed by atoms with Gasteiger partial charge in [0.15, 0.2) is 0 Å². The summed E-state index contributed by atoms with van der Waals surface area (Å²) in [7, 11) is 0. The Balaban J connectivity index is 3.00. The molecule has 0 atom stereocenters. The van der Waals surface area contributed by atoms with E-state index in [1.54, 1.807) is 6.92 Å². The van der Waals surface area contributed by atoms with E-state index in [1.807, 2.05) is 6.08 Å². The van der Waals surface area contributed by atoms with E-state index in [-0.39, 0.29) is 0 Å². The maximum absolute atomic E-state index is 8.71. The van der Waals surface area contributed by atoms with Crippen LogP contribution >= 0.6 is 0 Å². The first-order valence-electron chi connectivity index (χ1n) is 3.63. The van der Waals surface area contributed by atoms with E-state index in [0.29, 0.717) is 5.76 Å². The molecule has 1 N–H and O–H groups in total. The molecule has 0 radical (unpaired) electrons. The second-order valence-corrected chi connectivity index (χ2v) is 2.34. The van der Waals surface area contributed by atoms with Gasteiger partial charge in [0.1, 0.15) is 0 Å². The molecule has 0 aromatic heterocycles. The van der Waals surface area contributed by atoms with Gasteiger partial charge >= 0.3 is 0 Å². The van der Waals surface area contributed by atoms with Crippen LogP contribution in [-0.2, 0) is 0 Å². The Kier molecular flexibility index (Phi) is 5.38. The summed E-state index contributed by atoms with van der Waals surface area (Å²) in [5.74, 6) is 0.450. The molecule has 0 aliphatic heterocycles. The zero-order valence-corrected chi connectivity index (χ0v) is 6.35. The van der Waals surface area contributed by atoms with Crippen LogP contribution in [0.25, 0.3) is 0 Å². The predicted molar refractivity (Wildman–Crippen MR) is 40.5 cm³/mol. The second-order valence-electron chi connectivity index (χ2n) is 2.34. The first kappa shape index (κ1) is 8.54. The molecule has 0 aromatic carbocycles. The van der Waals surface area contributed by atoms with Crippen molar-refractivity contribution in [3.05, 3.63) is 11.8 Å². The summed E-state index contributed by atoms with van der Waals surface area (Å²) in [6, 6.07) is 0. The minimum Gasteiger partial charge on any atom is -0.513 e. The smallest absolute Gasteiger partial charge is 0.0851 e. The standard InChI is InChI=1S/C8H16O/c1-3-4-5-6-7-8(2)9/h7,9H,3-6H2,1-2H3. The molecule has 9 heavy (non-hydrogen) atoms. The van der Waals surface area contributed by atoms with Gasteiger partial charge in [0.05, 0.1) is 5.76 Å². The molecule has 1 nitrogen and oxygen atoms in total. The molecule has 0 heterocycles. The van der Waals surface area contributed by atoms with Gasteiger partial charge in [-0.2, -0.15) is 0 Å². The summed E-state index contributed by atoms with van der Waals surface area (Å²) in [6.07, 6.45) is 6.61. The highest BCUT2D eigenvalue weighted by atomic mass is 16.3. The molecular weight excluding hydrogens is 112 g/mol. The highest BCUT2D eigenvalue weighted by molar-refractivity contribution is 4.84. The van der Waals surface area contributed by atoms with Gasteiger partial charge in [0.25, 0.3) is 0 Å². The van der Waals surface area contributed by atoms with Gasteiger partial charge in [0.2, 0.25) is 0 Å². The average Bonchev–Trinajstić information content (AvgIpc) is 1.80. The van der Waals surface area contributed by atoms with Gasteiger partial charge in [0, 0.05) is 0 Å². The van der Waals surface area contributed by atoms with Crippen LogP contribution in [0, 0.1) is 0 Å². The molecule has 0 saturated carbocycles. The lowest BCUT2D eigenvalue weighted by molar-refractivity contribution is 0.410. The van der Waals surface area contributed by atoms with Crippen LogP contribution in [0.15, 0.2) is 11.8 Å². The van der Waals surface area contributed by atoms with Gasteiger partial charge in [-0.1, -0.05) is 19.8 Å². The number of aliphatic hydroxyl groups is 1. The summed E-state index contributed by atoms with van der Waals surface area (Å²) in [5, 5.41) is 8.71. The molecule has 0 bridgehead atoms. The van der Waals surface area contributed by atoms with Crippen LogP contribution in [0.3, 0.4) is 0 Å². The minimum atomic E-state index is 0.450. The van der Waals surface area contributed by atoms with Gasteiger partial charge in [-0.05, 0) is 25.8 Å². The van der Waals surface area contributed by atoms with E-state index < -0.39 is 0 Å². The molecule has 0 fully saturated rings. The number of allylic oxidation sites excluding steroid dienone is 2. The van der Waals surface area contributed by atoms with Crippen LogP contribution in [0.5, 0.6) is 0 Å². The third kappa shape index (κ3) is 7.54. The summed E-state index contributed by atoms with van der Waals surface area (Å²) in [4.78, 5) is 0. The molecule has 0 amide bonds. The maximum Gasteiger partial charge on any atom is 0.0851 e. The fraction of sp³-hybridized carbons (Fsp3) is 0.750. The van der Waals surface area contributed by atoms with Crippen LogP contribution < -0.4 is 0 Å². The summed E-state index contributed by atoms with van der Waals surface area (Å²) < 4.78 is 0. The lowest BCUT2D eigenvalue weighted by Gasteiger charge is -1.91. The van der Waals surface area contributed by atoms with Crippen molar-refractivity contribution in [1.82, 2.24) is 0 Å². The third-order valence-electron chi connectivity index (χ3n) is 1.25. The van der Waals surface area contributed by atoms with Crippen molar-refractivity contribution in [2.24, 2.45) is 0 Å². The number of hydrogen-bond acceptors (Lipinski definition) is 1. The summed E-state index contributed by atoms with van der Waals surface area (Å²) in [5.41, 5.74) is 0. The summed E-state index contributed by atoms with van der Waals surface area (Å²) in [6.45, 7) is 3.89. The largest absolute Gasteiger partial charge is 0.513 e. The van der Waals surface area contributed by atoms with Crippen molar-refractivity contribution in [3.8, 4) is 0 Å². The first-order chi connectivity index (χ1) is 4.27. The molecule has 0 rings (SSSR count). The third-order valence-corrected chi connectivity index (χ3v) is 1.25. The Morgan fingerprint density at radius 1 is 1.44 bits per heavy atom. The van der Waals surface area contributed by atoms with E-state index in [0.717, 1.165) is 6.42 Å². The molecule has 0 unspecified atom stereocenters. The topological polar surface area (TPSA) is 20.2 Å². The Morgan fingerprint density at radius 2 is 2.11 bits per heavy atom. The number of hydrogen-bond donors (Lipinski definition) is 1. The molecule has 0 aromatic rings. The van der Waals surface area contributed by atoms with Crippen LogP contribution in [0.1, 0.15) is 39.5 Å².